The number of aliphatic hydroxyl groups is 4. The van der Waals surface area contributed by atoms with Crippen molar-refractivity contribution in [1.29, 1.82) is 0 Å². The summed E-state index contributed by atoms with van der Waals surface area (Å²) in [5, 5.41) is 38.9. The van der Waals surface area contributed by atoms with Crippen LogP contribution in [0.3, 0.4) is 0 Å². The van der Waals surface area contributed by atoms with Crippen molar-refractivity contribution in [3.63, 3.8) is 0 Å². The summed E-state index contributed by atoms with van der Waals surface area (Å²) in [4.78, 5) is 22.0. The average molecular weight is 261 g/mol. The van der Waals surface area contributed by atoms with Gasteiger partial charge in [-0.3, -0.25) is 4.79 Å². The van der Waals surface area contributed by atoms with Crippen LogP contribution in [-0.2, 0) is 9.59 Å². The Hall–Kier alpha value is -1.28. The first-order valence-corrected chi connectivity index (χ1v) is 5.48. The molecular weight excluding hydrogens is 242 g/mol. The topological polar surface area (TPSA) is 127 Å². The largest absolute Gasteiger partial charge is 0.394 e. The van der Waals surface area contributed by atoms with E-state index in [1.54, 1.807) is 0 Å². The van der Waals surface area contributed by atoms with E-state index in [4.69, 9.17) is 10.2 Å². The van der Waals surface area contributed by atoms with Gasteiger partial charge in [-0.15, -0.1) is 6.58 Å². The van der Waals surface area contributed by atoms with Crippen LogP contribution in [0.1, 0.15) is 12.8 Å². The highest BCUT2D eigenvalue weighted by Gasteiger charge is 2.31. The van der Waals surface area contributed by atoms with E-state index in [-0.39, 0.29) is 12.7 Å². The highest BCUT2D eigenvalue weighted by atomic mass is 16.4. The molecule has 0 spiro atoms. The fourth-order valence-electron chi connectivity index (χ4n) is 1.24. The van der Waals surface area contributed by atoms with Gasteiger partial charge in [0.1, 0.15) is 30.6 Å². The lowest BCUT2D eigenvalue weighted by molar-refractivity contribution is -0.130. The second kappa shape index (κ2) is 8.76. The Kier molecular flexibility index (Phi) is 8.14. The summed E-state index contributed by atoms with van der Waals surface area (Å²) in [5.74, 6) is -0.489. The molecule has 1 amide bonds. The fraction of sp³-hybridized carbons (Fsp3) is 0.636. The first kappa shape index (κ1) is 16.7. The Bertz CT molecular complexity index is 283. The van der Waals surface area contributed by atoms with Crippen molar-refractivity contribution in [2.24, 2.45) is 0 Å². The van der Waals surface area contributed by atoms with Gasteiger partial charge in [-0.2, -0.15) is 0 Å². The minimum Gasteiger partial charge on any atom is -0.394 e. The molecular formula is C11H19NO6. The van der Waals surface area contributed by atoms with Crippen molar-refractivity contribution in [2.45, 2.75) is 37.2 Å². The summed E-state index contributed by atoms with van der Waals surface area (Å²) in [6.45, 7) is 2.66. The van der Waals surface area contributed by atoms with Gasteiger partial charge in [0.25, 0.3) is 0 Å². The van der Waals surface area contributed by atoms with Crippen LogP contribution in [0.2, 0.25) is 0 Å². The molecule has 0 aromatic carbocycles. The third kappa shape index (κ3) is 5.37. The predicted molar refractivity (Wildman–Crippen MR) is 62.5 cm³/mol. The molecule has 7 nitrogen and oxygen atoms in total. The van der Waals surface area contributed by atoms with Crippen LogP contribution in [0.15, 0.2) is 12.7 Å². The standard InChI is InChI=1S/C11H19NO6/c1-2-3-4-9(16)12-7(5-13)10(17)11(18)8(15)6-14/h2,5,7-8,10-11,14-15,17-18H,1,3-4,6H2,(H,12,16)/t7-,8+,10+,11+/m0/s1. The van der Waals surface area contributed by atoms with E-state index in [1.807, 2.05) is 0 Å². The van der Waals surface area contributed by atoms with Crippen LogP contribution < -0.4 is 5.32 Å². The Morgan fingerprint density at radius 1 is 1.28 bits per heavy atom. The summed E-state index contributed by atoms with van der Waals surface area (Å²) in [6.07, 6.45) is -2.73. The lowest BCUT2D eigenvalue weighted by Gasteiger charge is -2.26. The Balaban J connectivity index is 4.43. The number of nitrogens with one attached hydrogen (secondary N) is 1. The van der Waals surface area contributed by atoms with E-state index < -0.39 is 36.9 Å². The van der Waals surface area contributed by atoms with Crippen LogP contribution in [0.5, 0.6) is 0 Å². The number of amides is 1. The first-order chi connectivity index (χ1) is 8.47. The number of rotatable bonds is 9. The molecule has 4 atom stereocenters. The SMILES string of the molecule is C=CCCC(=O)N[C@@H](C=O)[C@@H](O)[C@H](O)[C@H](O)CO. The van der Waals surface area contributed by atoms with Crippen LogP contribution in [-0.4, -0.2) is 63.6 Å². The molecule has 18 heavy (non-hydrogen) atoms. The predicted octanol–water partition coefficient (Wildman–Crippen LogP) is -2.29. The van der Waals surface area contributed by atoms with Crippen molar-refractivity contribution in [1.82, 2.24) is 5.32 Å². The maximum Gasteiger partial charge on any atom is 0.220 e. The smallest absolute Gasteiger partial charge is 0.220 e. The van der Waals surface area contributed by atoms with Crippen LogP contribution >= 0.6 is 0 Å². The zero-order chi connectivity index (χ0) is 14.1. The number of carbonyl (C=O) groups is 2. The van der Waals surface area contributed by atoms with Crippen LogP contribution in [0.4, 0.5) is 0 Å². The van der Waals surface area contributed by atoms with Gasteiger partial charge < -0.3 is 30.5 Å². The van der Waals surface area contributed by atoms with Gasteiger partial charge in [0.05, 0.1) is 6.61 Å². The molecule has 0 radical (unpaired) electrons. The van der Waals surface area contributed by atoms with Crippen LogP contribution in [0, 0.1) is 0 Å². The number of carbonyl (C=O) groups excluding carboxylic acids is 2. The number of hydrogen-bond donors (Lipinski definition) is 5. The minimum absolute atomic E-state index is 0.0964. The molecule has 0 heterocycles. The molecule has 0 aliphatic carbocycles. The average Bonchev–Trinajstić information content (AvgIpc) is 2.39. The molecule has 7 heteroatoms. The number of hydrogen-bond acceptors (Lipinski definition) is 6. The van der Waals surface area contributed by atoms with E-state index in [1.165, 1.54) is 6.08 Å². The van der Waals surface area contributed by atoms with Crippen LogP contribution in [0.25, 0.3) is 0 Å². The lowest BCUT2D eigenvalue weighted by Crippen LogP contribution is -2.53. The van der Waals surface area contributed by atoms with E-state index in [2.05, 4.69) is 11.9 Å². The summed E-state index contributed by atoms with van der Waals surface area (Å²) in [6, 6.07) is -1.35. The van der Waals surface area contributed by atoms with Gasteiger partial charge >= 0.3 is 0 Å². The monoisotopic (exact) mass is 261 g/mol. The minimum atomic E-state index is -1.73. The normalized spacial score (nSPS) is 17.3. The Morgan fingerprint density at radius 3 is 2.33 bits per heavy atom. The number of allylic oxidation sites excluding steroid dienone is 1. The van der Waals surface area contributed by atoms with E-state index >= 15 is 0 Å². The molecule has 104 valence electrons. The Morgan fingerprint density at radius 2 is 1.89 bits per heavy atom. The van der Waals surface area contributed by atoms with Gasteiger partial charge in [-0.05, 0) is 6.42 Å². The summed E-state index contributed by atoms with van der Waals surface area (Å²) >= 11 is 0. The molecule has 0 unspecified atom stereocenters. The van der Waals surface area contributed by atoms with E-state index in [0.29, 0.717) is 6.42 Å². The molecule has 0 aliphatic rings. The highest BCUT2D eigenvalue weighted by Crippen LogP contribution is 2.04. The van der Waals surface area contributed by atoms with Crippen molar-refractivity contribution in [3.8, 4) is 0 Å². The van der Waals surface area contributed by atoms with Crippen molar-refractivity contribution in [3.05, 3.63) is 12.7 Å². The van der Waals surface area contributed by atoms with Gasteiger partial charge in [-0.25, -0.2) is 0 Å². The number of aldehydes is 1. The molecule has 0 saturated heterocycles. The molecule has 0 rings (SSSR count). The maximum absolute atomic E-state index is 11.3. The summed E-state index contributed by atoms with van der Waals surface area (Å²) in [5.41, 5.74) is 0. The second-order valence-corrected chi connectivity index (χ2v) is 3.79. The quantitative estimate of drug-likeness (QED) is 0.235. The van der Waals surface area contributed by atoms with E-state index in [0.717, 1.165) is 0 Å². The zero-order valence-electron chi connectivity index (χ0n) is 9.90. The zero-order valence-corrected chi connectivity index (χ0v) is 9.90. The third-order valence-electron chi connectivity index (χ3n) is 2.35. The highest BCUT2D eigenvalue weighted by molar-refractivity contribution is 5.80. The first-order valence-electron chi connectivity index (χ1n) is 5.48. The molecule has 0 aromatic heterocycles. The van der Waals surface area contributed by atoms with Gasteiger partial charge in [-0.1, -0.05) is 6.08 Å². The summed E-state index contributed by atoms with van der Waals surface area (Å²) in [7, 11) is 0. The van der Waals surface area contributed by atoms with Gasteiger partial charge in [0.15, 0.2) is 0 Å². The van der Waals surface area contributed by atoms with Crippen molar-refractivity contribution >= 4 is 12.2 Å². The lowest BCUT2D eigenvalue weighted by atomic mass is 10.0. The molecule has 0 bridgehead atoms. The molecule has 0 aromatic rings. The Labute approximate surface area is 105 Å². The van der Waals surface area contributed by atoms with Crippen molar-refractivity contribution in [2.75, 3.05) is 6.61 Å². The third-order valence-corrected chi connectivity index (χ3v) is 2.35. The second-order valence-electron chi connectivity index (χ2n) is 3.79. The number of aliphatic hydroxyl groups excluding tert-OH is 4. The maximum atomic E-state index is 11.3. The molecule has 0 fully saturated rings. The molecule has 0 aliphatic heterocycles. The van der Waals surface area contributed by atoms with Gasteiger partial charge in [0, 0.05) is 6.42 Å². The van der Waals surface area contributed by atoms with Crippen molar-refractivity contribution < 1.29 is 30.0 Å². The molecule has 0 saturated carbocycles. The fourth-order valence-corrected chi connectivity index (χ4v) is 1.24. The van der Waals surface area contributed by atoms with E-state index in [9.17, 15) is 19.8 Å². The van der Waals surface area contributed by atoms with Gasteiger partial charge in [0.2, 0.25) is 5.91 Å². The molecule has 5 N–H and O–H groups in total. The summed E-state index contributed by atoms with van der Waals surface area (Å²) < 4.78 is 0.